The minimum absolute atomic E-state index is 0.0953. The lowest BCUT2D eigenvalue weighted by molar-refractivity contribution is -0.137. The summed E-state index contributed by atoms with van der Waals surface area (Å²) in [6, 6.07) is 13.1. The number of nitrogens with one attached hydrogen (secondary N) is 1. The first-order valence-corrected chi connectivity index (χ1v) is 9.39. The average molecular weight is 395 g/mol. The Bertz CT molecular complexity index is 957. The molecule has 2 aromatic rings. The molecule has 0 bridgehead atoms. The SMILES string of the molecule is Nc1cc(F)ccc1NC(=O)CCCCN1C(=O)C/C(=C\c2ccccc2)C1=O. The number of likely N-dealkylation sites (tertiary alicyclic amines) is 1. The molecule has 0 unspecified atom stereocenters. The first-order chi connectivity index (χ1) is 13.9. The van der Waals surface area contributed by atoms with Crippen LogP contribution in [0.3, 0.4) is 0 Å². The fourth-order valence-corrected chi connectivity index (χ4v) is 3.13. The number of unbranched alkanes of at least 4 members (excludes halogenated alkanes) is 1. The zero-order valence-corrected chi connectivity index (χ0v) is 15.9. The molecule has 6 nitrogen and oxygen atoms in total. The molecule has 0 spiro atoms. The van der Waals surface area contributed by atoms with Crippen molar-refractivity contribution in [1.29, 1.82) is 0 Å². The molecule has 0 aromatic heterocycles. The van der Waals surface area contributed by atoms with Crippen LogP contribution < -0.4 is 11.1 Å². The third-order valence-electron chi connectivity index (χ3n) is 4.63. The van der Waals surface area contributed by atoms with Crippen LogP contribution >= 0.6 is 0 Å². The van der Waals surface area contributed by atoms with Crippen LogP contribution in [-0.4, -0.2) is 29.2 Å². The topological polar surface area (TPSA) is 92.5 Å². The second kappa shape index (κ2) is 9.14. The molecule has 150 valence electrons. The van der Waals surface area contributed by atoms with Crippen molar-refractivity contribution in [3.8, 4) is 0 Å². The number of anilines is 2. The number of hydrogen-bond acceptors (Lipinski definition) is 4. The van der Waals surface area contributed by atoms with Crippen LogP contribution in [-0.2, 0) is 14.4 Å². The summed E-state index contributed by atoms with van der Waals surface area (Å²) in [5, 5.41) is 2.63. The van der Waals surface area contributed by atoms with E-state index in [0.29, 0.717) is 24.1 Å². The van der Waals surface area contributed by atoms with Crippen molar-refractivity contribution in [2.45, 2.75) is 25.7 Å². The zero-order valence-electron chi connectivity index (χ0n) is 15.9. The molecule has 7 heteroatoms. The van der Waals surface area contributed by atoms with E-state index in [9.17, 15) is 18.8 Å². The molecule has 1 saturated heterocycles. The van der Waals surface area contributed by atoms with Crippen LogP contribution in [0.25, 0.3) is 6.08 Å². The van der Waals surface area contributed by atoms with Gasteiger partial charge in [-0.15, -0.1) is 0 Å². The van der Waals surface area contributed by atoms with Gasteiger partial charge in [-0.25, -0.2) is 4.39 Å². The molecular weight excluding hydrogens is 373 g/mol. The number of rotatable bonds is 7. The van der Waals surface area contributed by atoms with E-state index in [1.807, 2.05) is 30.3 Å². The van der Waals surface area contributed by atoms with Crippen LogP contribution in [0.1, 0.15) is 31.2 Å². The van der Waals surface area contributed by atoms with Crippen molar-refractivity contribution in [3.63, 3.8) is 0 Å². The van der Waals surface area contributed by atoms with Crippen LogP contribution in [0.15, 0.2) is 54.1 Å². The fraction of sp³-hybridized carbons (Fsp3) is 0.227. The Labute approximate surface area is 168 Å². The van der Waals surface area contributed by atoms with Gasteiger partial charge in [-0.1, -0.05) is 30.3 Å². The molecule has 29 heavy (non-hydrogen) atoms. The highest BCUT2D eigenvalue weighted by molar-refractivity contribution is 6.15. The molecule has 0 atom stereocenters. The Balaban J connectivity index is 1.46. The van der Waals surface area contributed by atoms with Gasteiger partial charge in [0.25, 0.3) is 5.91 Å². The lowest BCUT2D eigenvalue weighted by atomic mass is 10.1. The van der Waals surface area contributed by atoms with Gasteiger partial charge in [-0.3, -0.25) is 19.3 Å². The van der Waals surface area contributed by atoms with E-state index in [-0.39, 0.29) is 42.8 Å². The molecule has 1 fully saturated rings. The number of benzene rings is 2. The first-order valence-electron chi connectivity index (χ1n) is 9.39. The zero-order chi connectivity index (χ0) is 20.8. The summed E-state index contributed by atoms with van der Waals surface area (Å²) >= 11 is 0. The predicted octanol–water partition coefficient (Wildman–Crippen LogP) is 3.36. The summed E-state index contributed by atoms with van der Waals surface area (Å²) in [5.74, 6) is -1.23. The second-order valence-corrected chi connectivity index (χ2v) is 6.84. The van der Waals surface area contributed by atoms with Crippen molar-refractivity contribution in [2.75, 3.05) is 17.6 Å². The van der Waals surface area contributed by atoms with E-state index in [1.165, 1.54) is 17.0 Å². The van der Waals surface area contributed by atoms with E-state index in [2.05, 4.69) is 5.32 Å². The number of halogens is 1. The van der Waals surface area contributed by atoms with Gasteiger partial charge < -0.3 is 11.1 Å². The quantitative estimate of drug-likeness (QED) is 0.325. The Morgan fingerprint density at radius 3 is 2.62 bits per heavy atom. The van der Waals surface area contributed by atoms with Gasteiger partial charge >= 0.3 is 0 Å². The van der Waals surface area contributed by atoms with Crippen LogP contribution in [0.2, 0.25) is 0 Å². The van der Waals surface area contributed by atoms with Crippen molar-refractivity contribution in [3.05, 3.63) is 65.5 Å². The summed E-state index contributed by atoms with van der Waals surface area (Å²) in [6.45, 7) is 0.274. The Morgan fingerprint density at radius 1 is 1.14 bits per heavy atom. The number of carbonyl (C=O) groups excluding carboxylic acids is 3. The minimum atomic E-state index is -0.471. The highest BCUT2D eigenvalue weighted by Gasteiger charge is 2.33. The number of hydrogen-bond donors (Lipinski definition) is 2. The molecule has 1 aliphatic rings. The largest absolute Gasteiger partial charge is 0.397 e. The van der Waals surface area contributed by atoms with Gasteiger partial charge in [0.1, 0.15) is 5.82 Å². The van der Waals surface area contributed by atoms with Gasteiger partial charge in [-0.05, 0) is 42.7 Å². The minimum Gasteiger partial charge on any atom is -0.397 e. The average Bonchev–Trinajstić information content (AvgIpc) is 2.95. The summed E-state index contributed by atoms with van der Waals surface area (Å²) in [6.07, 6.45) is 3.06. The molecule has 3 rings (SSSR count). The molecule has 0 saturated carbocycles. The van der Waals surface area contributed by atoms with E-state index >= 15 is 0 Å². The maximum atomic E-state index is 13.0. The first kappa shape index (κ1) is 20.3. The van der Waals surface area contributed by atoms with E-state index in [1.54, 1.807) is 6.08 Å². The monoisotopic (exact) mass is 395 g/mol. The van der Waals surface area contributed by atoms with E-state index in [4.69, 9.17) is 5.73 Å². The molecular formula is C22H22FN3O3. The smallest absolute Gasteiger partial charge is 0.256 e. The number of nitrogens with zero attached hydrogens (tertiary/aromatic N) is 1. The maximum Gasteiger partial charge on any atom is 0.256 e. The van der Waals surface area contributed by atoms with Gasteiger partial charge in [0.2, 0.25) is 11.8 Å². The number of carbonyl (C=O) groups is 3. The number of nitrogen functional groups attached to an aromatic ring is 1. The van der Waals surface area contributed by atoms with Crippen molar-refractivity contribution in [2.24, 2.45) is 0 Å². The van der Waals surface area contributed by atoms with Crippen LogP contribution in [0.4, 0.5) is 15.8 Å². The van der Waals surface area contributed by atoms with E-state index in [0.717, 1.165) is 11.6 Å². The summed E-state index contributed by atoms with van der Waals surface area (Å²) in [7, 11) is 0. The standard InChI is InChI=1S/C22H22FN3O3/c23-17-9-10-19(18(24)14-17)25-20(27)8-4-5-11-26-21(28)13-16(22(26)29)12-15-6-2-1-3-7-15/h1-3,6-7,9-10,12,14H,4-5,8,11,13,24H2,(H,25,27)/b16-12+. The molecule has 1 aliphatic heterocycles. The van der Waals surface area contributed by atoms with Crippen LogP contribution in [0.5, 0.6) is 0 Å². The predicted molar refractivity (Wildman–Crippen MR) is 109 cm³/mol. The molecule has 3 amide bonds. The Kier molecular flexibility index (Phi) is 6.39. The molecule has 0 aliphatic carbocycles. The normalized spacial score (nSPS) is 15.2. The maximum absolute atomic E-state index is 13.0. The third kappa shape index (κ3) is 5.28. The van der Waals surface area contributed by atoms with Gasteiger partial charge in [0.05, 0.1) is 17.8 Å². The van der Waals surface area contributed by atoms with Crippen molar-refractivity contribution >= 4 is 35.2 Å². The molecule has 2 aromatic carbocycles. The number of amides is 3. The number of imide groups is 1. The van der Waals surface area contributed by atoms with Gasteiger partial charge in [0, 0.05) is 18.5 Å². The lowest BCUT2D eigenvalue weighted by Gasteiger charge is -2.13. The summed E-state index contributed by atoms with van der Waals surface area (Å²) in [5.41, 5.74) is 7.53. The summed E-state index contributed by atoms with van der Waals surface area (Å²) < 4.78 is 13.0. The highest BCUT2D eigenvalue weighted by atomic mass is 19.1. The van der Waals surface area contributed by atoms with Gasteiger partial charge in [-0.2, -0.15) is 0 Å². The highest BCUT2D eigenvalue weighted by Crippen LogP contribution is 2.22. The molecule has 0 radical (unpaired) electrons. The summed E-state index contributed by atoms with van der Waals surface area (Å²) in [4.78, 5) is 37.9. The second-order valence-electron chi connectivity index (χ2n) is 6.84. The number of nitrogens with two attached hydrogens (primary N) is 1. The lowest BCUT2D eigenvalue weighted by Crippen LogP contribution is -2.30. The fourth-order valence-electron chi connectivity index (χ4n) is 3.13. The van der Waals surface area contributed by atoms with Crippen molar-refractivity contribution in [1.82, 2.24) is 4.90 Å². The molecule has 1 heterocycles. The Hall–Kier alpha value is -3.48. The van der Waals surface area contributed by atoms with Gasteiger partial charge in [0.15, 0.2) is 0 Å². The van der Waals surface area contributed by atoms with E-state index < -0.39 is 5.82 Å². The Morgan fingerprint density at radius 2 is 1.90 bits per heavy atom. The van der Waals surface area contributed by atoms with Crippen molar-refractivity contribution < 1.29 is 18.8 Å². The molecule has 3 N–H and O–H groups in total. The third-order valence-corrected chi connectivity index (χ3v) is 4.63. The van der Waals surface area contributed by atoms with Crippen LogP contribution in [0, 0.1) is 5.82 Å².